The minimum atomic E-state index is -2.98. The van der Waals surface area contributed by atoms with Gasteiger partial charge in [0, 0.05) is 19.1 Å². The van der Waals surface area contributed by atoms with Gasteiger partial charge in [-0.1, -0.05) is 44.2 Å². The first-order chi connectivity index (χ1) is 8.45. The van der Waals surface area contributed by atoms with Crippen LogP contribution < -0.4 is 0 Å². The number of rotatable bonds is 6. The smallest absolute Gasteiger partial charge is 0.271 e. The third-order valence-corrected chi connectivity index (χ3v) is 7.06. The van der Waals surface area contributed by atoms with Gasteiger partial charge in [0.05, 0.1) is 0 Å². The van der Waals surface area contributed by atoms with E-state index in [0.29, 0.717) is 13.1 Å². The van der Waals surface area contributed by atoms with Crippen LogP contribution in [0.2, 0.25) is 0 Å². The van der Waals surface area contributed by atoms with E-state index >= 15 is 0 Å². The molecule has 2 atom stereocenters. The van der Waals surface area contributed by atoms with Crippen LogP contribution in [0.15, 0.2) is 30.3 Å². The summed E-state index contributed by atoms with van der Waals surface area (Å²) in [6.45, 7) is 4.36. The molecule has 0 aliphatic rings. The number of nitrogens with zero attached hydrogens (tertiary/aromatic N) is 2. The zero-order chi connectivity index (χ0) is 13.8. The monoisotopic (exact) mass is 288 g/mol. The van der Waals surface area contributed by atoms with Crippen molar-refractivity contribution < 1.29 is 4.57 Å². The third kappa shape index (κ3) is 3.36. The van der Waals surface area contributed by atoms with Crippen molar-refractivity contribution >= 4 is 18.0 Å². The van der Waals surface area contributed by atoms with Crippen molar-refractivity contribution in [1.29, 1.82) is 0 Å². The van der Waals surface area contributed by atoms with Crippen LogP contribution in [-0.2, 0) is 4.57 Å². The van der Waals surface area contributed by atoms with Crippen molar-refractivity contribution in [1.82, 2.24) is 9.34 Å². The van der Waals surface area contributed by atoms with Crippen molar-refractivity contribution in [3.8, 4) is 0 Å². The molecule has 5 heteroatoms. The molecule has 0 heterocycles. The molecule has 3 nitrogen and oxygen atoms in total. The highest BCUT2D eigenvalue weighted by molar-refractivity contribution is 7.85. The van der Waals surface area contributed by atoms with Crippen LogP contribution in [0, 0.1) is 0 Å². The highest BCUT2D eigenvalue weighted by Crippen LogP contribution is 2.59. The summed E-state index contributed by atoms with van der Waals surface area (Å²) in [5.74, 6) is 0. The SMILES string of the molecule is CCN(CC)P(=O)(Cl)N(C)C(C)c1ccccc1. The standard InChI is InChI=1S/C13H22ClN2OP/c1-5-16(6-2)18(14,17)15(4)12(3)13-10-8-7-9-11-13/h7-12H,5-6H2,1-4H3. The van der Waals surface area contributed by atoms with Gasteiger partial charge in [-0.25, -0.2) is 9.34 Å². The van der Waals surface area contributed by atoms with E-state index < -0.39 is 6.80 Å². The number of hydrogen-bond donors (Lipinski definition) is 0. The lowest BCUT2D eigenvalue weighted by molar-refractivity contribution is 0.348. The van der Waals surface area contributed by atoms with Crippen LogP contribution in [-0.4, -0.2) is 29.5 Å². The van der Waals surface area contributed by atoms with E-state index in [4.69, 9.17) is 11.2 Å². The van der Waals surface area contributed by atoms with E-state index in [2.05, 4.69) is 0 Å². The molecular formula is C13H22ClN2OP. The van der Waals surface area contributed by atoms with Crippen molar-refractivity contribution in [2.75, 3.05) is 20.1 Å². The Balaban J connectivity index is 2.93. The number of halogens is 1. The molecule has 0 aliphatic carbocycles. The maximum atomic E-state index is 12.7. The van der Waals surface area contributed by atoms with Gasteiger partial charge in [0.2, 0.25) is 0 Å². The largest absolute Gasteiger partial charge is 0.304 e. The van der Waals surface area contributed by atoms with E-state index in [1.807, 2.05) is 62.8 Å². The Morgan fingerprint density at radius 1 is 1.22 bits per heavy atom. The molecule has 0 fully saturated rings. The molecular weight excluding hydrogens is 267 g/mol. The van der Waals surface area contributed by atoms with E-state index in [9.17, 15) is 4.57 Å². The minimum absolute atomic E-state index is 0.0233. The Morgan fingerprint density at radius 3 is 2.17 bits per heavy atom. The van der Waals surface area contributed by atoms with Gasteiger partial charge in [-0.3, -0.25) is 4.57 Å². The summed E-state index contributed by atoms with van der Waals surface area (Å²) in [5, 5.41) is 0. The predicted molar refractivity (Wildman–Crippen MR) is 79.0 cm³/mol. The highest BCUT2D eigenvalue weighted by atomic mass is 35.7. The molecule has 102 valence electrons. The first-order valence-corrected chi connectivity index (χ1v) is 8.80. The predicted octanol–water partition coefficient (Wildman–Crippen LogP) is 4.37. The summed E-state index contributed by atoms with van der Waals surface area (Å²) in [6, 6.07) is 10.0. The quantitative estimate of drug-likeness (QED) is 0.726. The lowest BCUT2D eigenvalue weighted by Gasteiger charge is -2.35. The second kappa shape index (κ2) is 6.72. The molecule has 18 heavy (non-hydrogen) atoms. The van der Waals surface area contributed by atoms with Gasteiger partial charge in [0.25, 0.3) is 0 Å². The van der Waals surface area contributed by atoms with Crippen LogP contribution in [0.4, 0.5) is 0 Å². The Hall–Kier alpha value is -0.340. The molecule has 1 rings (SSSR count). The van der Waals surface area contributed by atoms with Gasteiger partial charge in [0.1, 0.15) is 0 Å². The van der Waals surface area contributed by atoms with Gasteiger partial charge in [-0.05, 0) is 30.8 Å². The normalized spacial score (nSPS) is 16.8. The first kappa shape index (κ1) is 15.7. The fourth-order valence-corrected chi connectivity index (χ4v) is 4.62. The Morgan fingerprint density at radius 2 is 1.72 bits per heavy atom. The lowest BCUT2D eigenvalue weighted by atomic mass is 10.1. The fourth-order valence-electron chi connectivity index (χ4n) is 1.93. The van der Waals surface area contributed by atoms with Crippen LogP contribution in [0.5, 0.6) is 0 Å². The molecule has 0 saturated heterocycles. The van der Waals surface area contributed by atoms with Crippen molar-refractivity contribution in [2.45, 2.75) is 26.8 Å². The lowest BCUT2D eigenvalue weighted by Crippen LogP contribution is -2.28. The first-order valence-electron chi connectivity index (χ1n) is 6.28. The number of hydrogen-bond acceptors (Lipinski definition) is 1. The van der Waals surface area contributed by atoms with E-state index in [-0.39, 0.29) is 6.04 Å². The molecule has 0 saturated carbocycles. The van der Waals surface area contributed by atoms with E-state index in [0.717, 1.165) is 5.56 Å². The molecule has 0 aromatic heterocycles. The van der Waals surface area contributed by atoms with Crippen molar-refractivity contribution in [2.24, 2.45) is 0 Å². The summed E-state index contributed by atoms with van der Waals surface area (Å²) in [6.07, 6.45) is 0. The fraction of sp³-hybridized carbons (Fsp3) is 0.538. The second-order valence-electron chi connectivity index (χ2n) is 4.27. The Labute approximate surface area is 115 Å². The van der Waals surface area contributed by atoms with Gasteiger partial charge in [0.15, 0.2) is 0 Å². The molecule has 2 unspecified atom stereocenters. The Kier molecular flexibility index (Phi) is 5.87. The van der Waals surface area contributed by atoms with Gasteiger partial charge < -0.3 is 0 Å². The van der Waals surface area contributed by atoms with E-state index in [1.54, 1.807) is 4.67 Å². The summed E-state index contributed by atoms with van der Waals surface area (Å²) < 4.78 is 16.3. The topological polar surface area (TPSA) is 23.6 Å². The third-order valence-electron chi connectivity index (χ3n) is 3.31. The molecule has 0 bridgehead atoms. The highest BCUT2D eigenvalue weighted by Gasteiger charge is 2.34. The Bertz CT molecular complexity index is 409. The molecule has 1 aromatic carbocycles. The van der Waals surface area contributed by atoms with Crippen LogP contribution in [0.1, 0.15) is 32.4 Å². The molecule has 1 aromatic rings. The summed E-state index contributed by atoms with van der Waals surface area (Å²) in [4.78, 5) is 0. The minimum Gasteiger partial charge on any atom is -0.271 e. The summed E-state index contributed by atoms with van der Waals surface area (Å²) in [7, 11) is 1.82. The van der Waals surface area contributed by atoms with Gasteiger partial charge in [-0.15, -0.1) is 0 Å². The van der Waals surface area contributed by atoms with Crippen molar-refractivity contribution in [3.05, 3.63) is 35.9 Å². The van der Waals surface area contributed by atoms with Crippen LogP contribution in [0.25, 0.3) is 0 Å². The van der Waals surface area contributed by atoms with Crippen molar-refractivity contribution in [3.63, 3.8) is 0 Å². The average Bonchev–Trinajstić information content (AvgIpc) is 2.39. The maximum absolute atomic E-state index is 12.7. The molecule has 0 spiro atoms. The van der Waals surface area contributed by atoms with E-state index in [1.165, 1.54) is 0 Å². The average molecular weight is 289 g/mol. The van der Waals surface area contributed by atoms with Crippen LogP contribution >= 0.6 is 18.0 Å². The summed E-state index contributed by atoms with van der Waals surface area (Å²) in [5.41, 5.74) is 1.12. The second-order valence-corrected chi connectivity index (χ2v) is 7.74. The molecule has 0 N–H and O–H groups in total. The molecule has 0 amide bonds. The maximum Gasteiger partial charge on any atom is 0.304 e. The van der Waals surface area contributed by atoms with Crippen LogP contribution in [0.3, 0.4) is 0 Å². The van der Waals surface area contributed by atoms with Gasteiger partial charge >= 0.3 is 6.80 Å². The van der Waals surface area contributed by atoms with Gasteiger partial charge in [-0.2, -0.15) is 0 Å². The zero-order valence-corrected chi connectivity index (χ0v) is 13.2. The molecule has 0 radical (unpaired) electrons. The summed E-state index contributed by atoms with van der Waals surface area (Å²) >= 11 is 6.31. The number of benzene rings is 1. The molecule has 0 aliphatic heterocycles. The zero-order valence-electron chi connectivity index (χ0n) is 11.5.